The van der Waals surface area contributed by atoms with Gasteiger partial charge in [0.25, 0.3) is 0 Å². The number of carbonyl (C=O) groups is 1. The number of esters is 1. The lowest BCUT2D eigenvalue weighted by atomic mass is 9.98. The number of aliphatic hydroxyl groups excluding tert-OH is 1. The molecule has 3 heteroatoms. The van der Waals surface area contributed by atoms with Crippen molar-refractivity contribution in [3.05, 3.63) is 0 Å². The molecule has 0 bridgehead atoms. The average Bonchev–Trinajstić information content (AvgIpc) is 2.31. The molecule has 0 heterocycles. The molecular formula is C13H26O3. The van der Waals surface area contributed by atoms with Gasteiger partial charge in [0.2, 0.25) is 0 Å². The SMILES string of the molecule is CCCCCCCC[C@@H](O)[C@@H](C)C(=O)OC. The van der Waals surface area contributed by atoms with Crippen molar-refractivity contribution in [1.29, 1.82) is 0 Å². The first-order valence-electron chi connectivity index (χ1n) is 6.39. The van der Waals surface area contributed by atoms with Gasteiger partial charge in [-0.3, -0.25) is 4.79 Å². The van der Waals surface area contributed by atoms with E-state index in [0.717, 1.165) is 12.8 Å². The molecule has 0 aliphatic heterocycles. The minimum atomic E-state index is -0.557. The van der Waals surface area contributed by atoms with Crippen molar-refractivity contribution in [1.82, 2.24) is 0 Å². The van der Waals surface area contributed by atoms with Gasteiger partial charge in [-0.1, -0.05) is 45.4 Å². The monoisotopic (exact) mass is 230 g/mol. The fourth-order valence-electron chi connectivity index (χ4n) is 1.73. The van der Waals surface area contributed by atoms with Gasteiger partial charge in [-0.25, -0.2) is 0 Å². The molecule has 0 saturated carbocycles. The number of hydrogen-bond acceptors (Lipinski definition) is 3. The predicted octanol–water partition coefficient (Wildman–Crippen LogP) is 2.91. The molecule has 0 unspecified atom stereocenters. The largest absolute Gasteiger partial charge is 0.469 e. The first-order valence-corrected chi connectivity index (χ1v) is 6.39. The van der Waals surface area contributed by atoms with Crippen molar-refractivity contribution in [2.75, 3.05) is 7.11 Å². The van der Waals surface area contributed by atoms with E-state index in [0.29, 0.717) is 6.42 Å². The number of hydrogen-bond donors (Lipinski definition) is 1. The summed E-state index contributed by atoms with van der Waals surface area (Å²) < 4.78 is 4.59. The van der Waals surface area contributed by atoms with Crippen LogP contribution in [0.3, 0.4) is 0 Å². The highest BCUT2D eigenvalue weighted by Crippen LogP contribution is 2.14. The summed E-state index contributed by atoms with van der Waals surface area (Å²) in [6.45, 7) is 3.91. The Morgan fingerprint density at radius 3 is 2.31 bits per heavy atom. The van der Waals surface area contributed by atoms with Crippen molar-refractivity contribution in [2.45, 2.75) is 64.9 Å². The Balaban J connectivity index is 3.49. The first-order chi connectivity index (χ1) is 7.63. The molecule has 0 spiro atoms. The van der Waals surface area contributed by atoms with Crippen molar-refractivity contribution >= 4 is 5.97 Å². The second kappa shape index (κ2) is 9.64. The van der Waals surface area contributed by atoms with Crippen LogP contribution in [0.1, 0.15) is 58.8 Å². The summed E-state index contributed by atoms with van der Waals surface area (Å²) in [6, 6.07) is 0. The number of methoxy groups -OCH3 is 1. The number of unbranched alkanes of at least 4 members (excludes halogenated alkanes) is 5. The summed E-state index contributed by atoms with van der Waals surface area (Å²) in [7, 11) is 1.36. The van der Waals surface area contributed by atoms with Gasteiger partial charge in [-0.05, 0) is 13.3 Å². The van der Waals surface area contributed by atoms with Crippen molar-refractivity contribution < 1.29 is 14.6 Å². The van der Waals surface area contributed by atoms with E-state index in [4.69, 9.17) is 0 Å². The zero-order chi connectivity index (χ0) is 12.4. The molecule has 0 rings (SSSR count). The van der Waals surface area contributed by atoms with Gasteiger partial charge >= 0.3 is 5.97 Å². The summed E-state index contributed by atoms with van der Waals surface area (Å²) in [4.78, 5) is 11.1. The fraction of sp³-hybridized carbons (Fsp3) is 0.923. The van der Waals surface area contributed by atoms with Crippen LogP contribution in [-0.2, 0) is 9.53 Å². The van der Waals surface area contributed by atoms with Crippen LogP contribution >= 0.6 is 0 Å². The Hall–Kier alpha value is -0.570. The Bertz CT molecular complexity index is 180. The lowest BCUT2D eigenvalue weighted by Gasteiger charge is -2.16. The van der Waals surface area contributed by atoms with E-state index in [2.05, 4.69) is 11.7 Å². The highest BCUT2D eigenvalue weighted by molar-refractivity contribution is 5.72. The van der Waals surface area contributed by atoms with E-state index in [1.807, 2.05) is 0 Å². The molecule has 96 valence electrons. The van der Waals surface area contributed by atoms with E-state index in [9.17, 15) is 9.90 Å². The van der Waals surface area contributed by atoms with Crippen LogP contribution in [0, 0.1) is 5.92 Å². The standard InChI is InChI=1S/C13H26O3/c1-4-5-6-7-8-9-10-12(14)11(2)13(15)16-3/h11-12,14H,4-10H2,1-3H3/t11-,12-/m1/s1. The van der Waals surface area contributed by atoms with Gasteiger partial charge in [0.15, 0.2) is 0 Å². The van der Waals surface area contributed by atoms with Crippen LogP contribution in [0.25, 0.3) is 0 Å². The smallest absolute Gasteiger partial charge is 0.311 e. The van der Waals surface area contributed by atoms with Crippen LogP contribution in [0.5, 0.6) is 0 Å². The summed E-state index contributed by atoms with van der Waals surface area (Å²) in [5.41, 5.74) is 0. The zero-order valence-corrected chi connectivity index (χ0v) is 10.9. The van der Waals surface area contributed by atoms with Crippen LogP contribution in [0.4, 0.5) is 0 Å². The maximum Gasteiger partial charge on any atom is 0.311 e. The van der Waals surface area contributed by atoms with Crippen LogP contribution in [-0.4, -0.2) is 24.3 Å². The normalized spacial score (nSPS) is 14.5. The van der Waals surface area contributed by atoms with Gasteiger partial charge < -0.3 is 9.84 Å². The summed E-state index contributed by atoms with van der Waals surface area (Å²) in [5.74, 6) is -0.723. The maximum atomic E-state index is 11.1. The summed E-state index contributed by atoms with van der Waals surface area (Å²) in [5, 5.41) is 9.72. The highest BCUT2D eigenvalue weighted by Gasteiger charge is 2.21. The van der Waals surface area contributed by atoms with Gasteiger partial charge in [0.1, 0.15) is 0 Å². The molecule has 3 nitrogen and oxygen atoms in total. The molecule has 0 radical (unpaired) electrons. The molecule has 0 fully saturated rings. The molecule has 2 atom stereocenters. The lowest BCUT2D eigenvalue weighted by molar-refractivity contribution is -0.148. The fourth-order valence-corrected chi connectivity index (χ4v) is 1.73. The van der Waals surface area contributed by atoms with E-state index >= 15 is 0 Å². The third kappa shape index (κ3) is 6.83. The predicted molar refractivity (Wildman–Crippen MR) is 65.2 cm³/mol. The molecule has 0 aliphatic rings. The highest BCUT2D eigenvalue weighted by atomic mass is 16.5. The van der Waals surface area contributed by atoms with Crippen molar-refractivity contribution in [3.63, 3.8) is 0 Å². The number of carbonyl (C=O) groups excluding carboxylic acids is 1. The van der Waals surface area contributed by atoms with Gasteiger partial charge in [-0.2, -0.15) is 0 Å². The molecule has 0 aliphatic carbocycles. The zero-order valence-electron chi connectivity index (χ0n) is 10.9. The average molecular weight is 230 g/mol. The van der Waals surface area contributed by atoms with Crippen molar-refractivity contribution in [3.8, 4) is 0 Å². The summed E-state index contributed by atoms with van der Waals surface area (Å²) in [6.07, 6.45) is 7.33. The minimum Gasteiger partial charge on any atom is -0.469 e. The number of ether oxygens (including phenoxy) is 1. The molecule has 1 N–H and O–H groups in total. The molecule has 0 saturated heterocycles. The summed E-state index contributed by atoms with van der Waals surface area (Å²) >= 11 is 0. The molecule has 0 aromatic carbocycles. The number of rotatable bonds is 9. The third-order valence-corrected chi connectivity index (χ3v) is 3.00. The van der Waals surface area contributed by atoms with Crippen LogP contribution in [0.2, 0.25) is 0 Å². The minimum absolute atomic E-state index is 0.321. The van der Waals surface area contributed by atoms with Gasteiger partial charge in [0, 0.05) is 0 Å². The Morgan fingerprint density at radius 1 is 1.19 bits per heavy atom. The Morgan fingerprint density at radius 2 is 1.75 bits per heavy atom. The molecular weight excluding hydrogens is 204 g/mol. The molecule has 0 amide bonds. The third-order valence-electron chi connectivity index (χ3n) is 3.00. The second-order valence-corrected chi connectivity index (χ2v) is 4.44. The van der Waals surface area contributed by atoms with Crippen molar-refractivity contribution in [2.24, 2.45) is 5.92 Å². The quantitative estimate of drug-likeness (QED) is 0.489. The van der Waals surface area contributed by atoms with E-state index in [-0.39, 0.29) is 5.97 Å². The van der Waals surface area contributed by atoms with Crippen LogP contribution < -0.4 is 0 Å². The second-order valence-electron chi connectivity index (χ2n) is 4.44. The maximum absolute atomic E-state index is 11.1. The Labute approximate surface area is 99.2 Å². The van der Waals surface area contributed by atoms with E-state index in [1.165, 1.54) is 32.8 Å². The van der Waals surface area contributed by atoms with Gasteiger partial charge in [0.05, 0.1) is 19.1 Å². The first kappa shape index (κ1) is 15.4. The van der Waals surface area contributed by atoms with Gasteiger partial charge in [-0.15, -0.1) is 0 Å². The molecule has 0 aromatic rings. The Kier molecular flexibility index (Phi) is 9.30. The topological polar surface area (TPSA) is 46.5 Å². The number of aliphatic hydroxyl groups is 1. The molecule has 0 aromatic heterocycles. The lowest BCUT2D eigenvalue weighted by Crippen LogP contribution is -2.26. The van der Waals surface area contributed by atoms with Crippen LogP contribution in [0.15, 0.2) is 0 Å². The molecule has 16 heavy (non-hydrogen) atoms. The van der Waals surface area contributed by atoms with E-state index < -0.39 is 12.0 Å². The van der Waals surface area contributed by atoms with E-state index in [1.54, 1.807) is 6.92 Å².